The Morgan fingerprint density at radius 1 is 1.27 bits per heavy atom. The highest BCUT2D eigenvalue weighted by Gasteiger charge is 2.32. The van der Waals surface area contributed by atoms with Crippen LogP contribution in [0.5, 0.6) is 11.5 Å². The van der Waals surface area contributed by atoms with Crippen molar-refractivity contribution in [1.82, 2.24) is 5.32 Å². The molecule has 33 heavy (non-hydrogen) atoms. The topological polar surface area (TPSA) is 139 Å². The highest BCUT2D eigenvalue weighted by molar-refractivity contribution is 9.10. The number of amidine groups is 1. The summed E-state index contributed by atoms with van der Waals surface area (Å²) in [7, 11) is 1.51. The zero-order valence-electron chi connectivity index (χ0n) is 17.3. The first-order valence-corrected chi connectivity index (χ1v) is 11.2. The predicted octanol–water partition coefficient (Wildman–Crippen LogP) is 2.87. The Kier molecular flexibility index (Phi) is 8.44. The number of para-hydroxylation sites is 2. The van der Waals surface area contributed by atoms with Crippen LogP contribution in [0.3, 0.4) is 0 Å². The fraction of sp³-hybridized carbons (Fsp3) is 0.190. The van der Waals surface area contributed by atoms with E-state index in [1.54, 1.807) is 42.5 Å². The number of aliphatic carboxylic acids is 1. The Morgan fingerprint density at radius 2 is 2.06 bits per heavy atom. The van der Waals surface area contributed by atoms with Gasteiger partial charge in [-0.1, -0.05) is 39.8 Å². The van der Waals surface area contributed by atoms with E-state index in [9.17, 15) is 14.4 Å². The van der Waals surface area contributed by atoms with Gasteiger partial charge in [-0.15, -0.1) is 5.10 Å². The zero-order valence-corrected chi connectivity index (χ0v) is 19.7. The largest absolute Gasteiger partial charge is 0.495 e. The average molecular weight is 535 g/mol. The fourth-order valence-electron chi connectivity index (χ4n) is 2.72. The number of carbonyl (C=O) groups excluding carboxylic acids is 2. The Morgan fingerprint density at radius 3 is 2.82 bits per heavy atom. The van der Waals surface area contributed by atoms with E-state index in [4.69, 9.17) is 14.6 Å². The van der Waals surface area contributed by atoms with Gasteiger partial charge in [-0.3, -0.25) is 14.4 Å². The summed E-state index contributed by atoms with van der Waals surface area (Å²) in [6.07, 6.45) is 1.10. The quantitative estimate of drug-likeness (QED) is 0.332. The number of nitrogens with zero attached hydrogens (tertiary/aromatic N) is 2. The second-order valence-electron chi connectivity index (χ2n) is 6.56. The van der Waals surface area contributed by atoms with Gasteiger partial charge in [0, 0.05) is 10.0 Å². The molecule has 0 aromatic heterocycles. The molecule has 0 saturated carbocycles. The van der Waals surface area contributed by atoms with E-state index in [0.717, 1.165) is 16.2 Å². The minimum Gasteiger partial charge on any atom is -0.495 e. The summed E-state index contributed by atoms with van der Waals surface area (Å²) in [6.45, 7) is -0.252. The molecule has 172 valence electrons. The maximum Gasteiger partial charge on any atom is 0.305 e. The first kappa shape index (κ1) is 24.3. The molecule has 1 aliphatic rings. The molecule has 3 rings (SSSR count). The third-order valence-electron chi connectivity index (χ3n) is 4.19. The molecule has 1 saturated heterocycles. The van der Waals surface area contributed by atoms with Crippen LogP contribution in [0.2, 0.25) is 0 Å². The molecule has 0 aliphatic carbocycles. The van der Waals surface area contributed by atoms with E-state index >= 15 is 0 Å². The lowest BCUT2D eigenvalue weighted by molar-refractivity contribution is -0.138. The third kappa shape index (κ3) is 7.05. The van der Waals surface area contributed by atoms with E-state index < -0.39 is 17.1 Å². The lowest BCUT2D eigenvalue weighted by Gasteiger charge is -2.12. The standard InChI is InChI=1S/C21H19BrN4O6S/c1-31-16-5-3-2-4-14(16)24-18(27)11-32-15-7-6-13(22)8-12(15)10-23-26-21-25-20(30)17(33-21)9-19(28)29/h2-8,10,17H,9,11H2,1H3,(H,24,27)(H,28,29)(H,25,26,30). The summed E-state index contributed by atoms with van der Waals surface area (Å²) in [5.74, 6) is -0.949. The zero-order chi connectivity index (χ0) is 23.8. The SMILES string of the molecule is COc1ccccc1NC(=O)COc1ccc(Br)cc1C=NN=C1NC(=O)C(CC(=O)O)S1. The van der Waals surface area contributed by atoms with E-state index in [-0.39, 0.29) is 24.1 Å². The molecule has 0 radical (unpaired) electrons. The van der Waals surface area contributed by atoms with E-state index in [1.165, 1.54) is 13.3 Å². The van der Waals surface area contributed by atoms with Crippen LogP contribution < -0.4 is 20.1 Å². The first-order valence-electron chi connectivity index (χ1n) is 9.51. The number of rotatable bonds is 9. The average Bonchev–Trinajstić information content (AvgIpc) is 3.11. The predicted molar refractivity (Wildman–Crippen MR) is 128 cm³/mol. The van der Waals surface area contributed by atoms with Crippen molar-refractivity contribution in [1.29, 1.82) is 0 Å². The molecule has 1 unspecified atom stereocenters. The number of halogens is 1. The number of hydrogen-bond acceptors (Lipinski definition) is 8. The van der Waals surface area contributed by atoms with Crippen LogP contribution in [-0.2, 0) is 14.4 Å². The number of carbonyl (C=O) groups is 3. The summed E-state index contributed by atoms with van der Waals surface area (Å²) in [5.41, 5.74) is 1.06. The van der Waals surface area contributed by atoms with Crippen molar-refractivity contribution in [3.8, 4) is 11.5 Å². The summed E-state index contributed by atoms with van der Waals surface area (Å²) < 4.78 is 11.6. The van der Waals surface area contributed by atoms with E-state index in [1.807, 2.05) is 0 Å². The Bertz CT molecular complexity index is 1120. The van der Waals surface area contributed by atoms with Gasteiger partial charge in [0.1, 0.15) is 16.7 Å². The Balaban J connectivity index is 1.64. The normalized spacial score (nSPS) is 16.6. The van der Waals surface area contributed by atoms with E-state index in [2.05, 4.69) is 36.8 Å². The number of hydrogen-bond donors (Lipinski definition) is 3. The molecular formula is C21H19BrN4O6S. The van der Waals surface area contributed by atoms with Crippen molar-refractivity contribution >= 4 is 62.5 Å². The Hall–Kier alpha value is -3.38. The summed E-state index contributed by atoms with van der Waals surface area (Å²) in [6, 6.07) is 12.2. The van der Waals surface area contributed by atoms with Gasteiger partial charge < -0.3 is 25.2 Å². The number of nitrogens with one attached hydrogen (secondary N) is 2. The fourth-order valence-corrected chi connectivity index (χ4v) is 4.01. The maximum absolute atomic E-state index is 12.3. The van der Waals surface area contributed by atoms with E-state index in [0.29, 0.717) is 22.7 Å². The van der Waals surface area contributed by atoms with Crippen LogP contribution in [0.25, 0.3) is 0 Å². The highest BCUT2D eigenvalue weighted by Crippen LogP contribution is 2.25. The second kappa shape index (κ2) is 11.5. The maximum atomic E-state index is 12.3. The number of anilines is 1. The monoisotopic (exact) mass is 534 g/mol. The molecule has 12 heteroatoms. The number of thioether (sulfide) groups is 1. The minimum absolute atomic E-state index is 0.205. The minimum atomic E-state index is -1.07. The molecule has 1 fully saturated rings. The highest BCUT2D eigenvalue weighted by atomic mass is 79.9. The smallest absolute Gasteiger partial charge is 0.305 e. The van der Waals surface area contributed by atoms with Crippen LogP contribution in [0.15, 0.2) is 57.1 Å². The number of amides is 2. The van der Waals surface area contributed by atoms with Crippen molar-refractivity contribution in [3.63, 3.8) is 0 Å². The lowest BCUT2D eigenvalue weighted by Crippen LogP contribution is -2.26. The molecule has 2 amide bonds. The van der Waals surface area contributed by atoms with Gasteiger partial charge in [0.25, 0.3) is 5.91 Å². The van der Waals surface area contributed by atoms with Crippen LogP contribution >= 0.6 is 27.7 Å². The summed E-state index contributed by atoms with van der Waals surface area (Å²) in [5, 5.41) is 21.4. The molecule has 2 aromatic rings. The van der Waals surface area contributed by atoms with Crippen LogP contribution in [0.4, 0.5) is 5.69 Å². The molecule has 0 spiro atoms. The van der Waals surface area contributed by atoms with Crippen molar-refractivity contribution < 1.29 is 29.0 Å². The molecule has 3 N–H and O–H groups in total. The van der Waals surface area contributed by atoms with Crippen molar-refractivity contribution in [3.05, 3.63) is 52.5 Å². The van der Waals surface area contributed by atoms with Crippen LogP contribution in [-0.4, -0.2) is 53.2 Å². The molecule has 1 aliphatic heterocycles. The molecule has 1 atom stereocenters. The van der Waals surface area contributed by atoms with Gasteiger partial charge >= 0.3 is 5.97 Å². The molecule has 2 aromatic carbocycles. The summed E-state index contributed by atoms with van der Waals surface area (Å²) >= 11 is 4.37. The van der Waals surface area contributed by atoms with Gasteiger partial charge in [-0.05, 0) is 30.3 Å². The van der Waals surface area contributed by atoms with Crippen LogP contribution in [0.1, 0.15) is 12.0 Å². The number of benzene rings is 2. The van der Waals surface area contributed by atoms with Gasteiger partial charge in [-0.25, -0.2) is 0 Å². The molecule has 10 nitrogen and oxygen atoms in total. The molecular weight excluding hydrogens is 516 g/mol. The number of carboxylic acids is 1. The Labute approximate surface area is 201 Å². The van der Waals surface area contributed by atoms with Crippen LogP contribution in [0, 0.1) is 0 Å². The van der Waals surface area contributed by atoms with Gasteiger partial charge in [0.05, 0.1) is 25.4 Å². The first-order chi connectivity index (χ1) is 15.9. The number of ether oxygens (including phenoxy) is 2. The van der Waals surface area contributed by atoms with Gasteiger partial charge in [0.15, 0.2) is 11.8 Å². The van der Waals surface area contributed by atoms with Gasteiger partial charge in [-0.2, -0.15) is 5.10 Å². The van der Waals surface area contributed by atoms with Crippen molar-refractivity contribution in [2.45, 2.75) is 11.7 Å². The number of carboxylic acid groups (broad SMARTS) is 1. The lowest BCUT2D eigenvalue weighted by atomic mass is 10.2. The summed E-state index contributed by atoms with van der Waals surface area (Å²) in [4.78, 5) is 34.9. The molecule has 1 heterocycles. The van der Waals surface area contributed by atoms with Crippen molar-refractivity contribution in [2.75, 3.05) is 19.0 Å². The van der Waals surface area contributed by atoms with Gasteiger partial charge in [0.2, 0.25) is 5.91 Å². The third-order valence-corrected chi connectivity index (χ3v) is 5.76. The molecule has 0 bridgehead atoms. The van der Waals surface area contributed by atoms with Crippen molar-refractivity contribution in [2.24, 2.45) is 10.2 Å². The number of methoxy groups -OCH3 is 1. The second-order valence-corrected chi connectivity index (χ2v) is 8.67.